The SMILES string of the molecule is CCC(CC)C(CNC(=O)CCCl)N(C)C. The Morgan fingerprint density at radius 1 is 1.31 bits per heavy atom. The molecule has 0 rings (SSSR count). The van der Waals surface area contributed by atoms with Gasteiger partial charge < -0.3 is 10.2 Å². The quantitative estimate of drug-likeness (QED) is 0.668. The molecule has 1 unspecified atom stereocenters. The van der Waals surface area contributed by atoms with Gasteiger partial charge in [-0.2, -0.15) is 0 Å². The van der Waals surface area contributed by atoms with E-state index in [-0.39, 0.29) is 5.91 Å². The van der Waals surface area contributed by atoms with Crippen LogP contribution in [0.25, 0.3) is 0 Å². The maximum absolute atomic E-state index is 11.4. The predicted molar refractivity (Wildman–Crippen MR) is 69.9 cm³/mol. The largest absolute Gasteiger partial charge is 0.354 e. The Morgan fingerprint density at radius 3 is 2.25 bits per heavy atom. The van der Waals surface area contributed by atoms with Crippen molar-refractivity contribution in [3.8, 4) is 0 Å². The van der Waals surface area contributed by atoms with E-state index in [1.807, 2.05) is 0 Å². The van der Waals surface area contributed by atoms with E-state index in [0.29, 0.717) is 24.3 Å². The molecule has 0 radical (unpaired) electrons. The summed E-state index contributed by atoms with van der Waals surface area (Å²) in [4.78, 5) is 13.5. The molecule has 16 heavy (non-hydrogen) atoms. The summed E-state index contributed by atoms with van der Waals surface area (Å²) in [5, 5.41) is 2.95. The first-order valence-electron chi connectivity index (χ1n) is 6.05. The van der Waals surface area contributed by atoms with Crippen LogP contribution in [0, 0.1) is 5.92 Å². The monoisotopic (exact) mass is 248 g/mol. The summed E-state index contributed by atoms with van der Waals surface area (Å²) in [6, 6.07) is 0.411. The molecule has 0 aliphatic heterocycles. The molecule has 1 amide bonds. The number of likely N-dealkylation sites (N-methyl/N-ethyl adjacent to an activating group) is 1. The van der Waals surface area contributed by atoms with E-state index in [0.717, 1.165) is 19.4 Å². The highest BCUT2D eigenvalue weighted by atomic mass is 35.5. The molecular formula is C12H25ClN2O. The summed E-state index contributed by atoms with van der Waals surface area (Å²) in [5.41, 5.74) is 0. The van der Waals surface area contributed by atoms with Crippen molar-refractivity contribution in [1.82, 2.24) is 10.2 Å². The van der Waals surface area contributed by atoms with Crippen molar-refractivity contribution in [2.24, 2.45) is 5.92 Å². The van der Waals surface area contributed by atoms with E-state index >= 15 is 0 Å². The van der Waals surface area contributed by atoms with E-state index < -0.39 is 0 Å². The summed E-state index contributed by atoms with van der Waals surface area (Å²) in [7, 11) is 4.13. The molecule has 0 bridgehead atoms. The zero-order valence-electron chi connectivity index (χ0n) is 10.9. The molecule has 96 valence electrons. The standard InChI is InChI=1S/C12H25ClN2O/c1-5-10(6-2)11(15(3)4)9-14-12(16)7-8-13/h10-11H,5-9H2,1-4H3,(H,14,16). The second-order valence-electron chi connectivity index (χ2n) is 4.35. The minimum Gasteiger partial charge on any atom is -0.354 e. The molecule has 0 aromatic rings. The lowest BCUT2D eigenvalue weighted by molar-refractivity contribution is -0.121. The lowest BCUT2D eigenvalue weighted by atomic mass is 9.93. The second kappa shape index (κ2) is 8.82. The first kappa shape index (κ1) is 15.7. The van der Waals surface area contributed by atoms with Crippen molar-refractivity contribution in [3.05, 3.63) is 0 Å². The first-order chi connectivity index (χ1) is 7.56. The third kappa shape index (κ3) is 5.71. The van der Waals surface area contributed by atoms with E-state index in [1.165, 1.54) is 0 Å². The highest BCUT2D eigenvalue weighted by Crippen LogP contribution is 2.16. The average Bonchev–Trinajstić information content (AvgIpc) is 2.24. The Kier molecular flexibility index (Phi) is 8.67. The normalized spacial score (nSPS) is 13.2. The Hall–Kier alpha value is -0.280. The molecule has 0 aliphatic rings. The van der Waals surface area contributed by atoms with Crippen LogP contribution in [-0.2, 0) is 4.79 Å². The lowest BCUT2D eigenvalue weighted by Crippen LogP contribution is -2.44. The lowest BCUT2D eigenvalue weighted by Gasteiger charge is -2.31. The highest BCUT2D eigenvalue weighted by molar-refractivity contribution is 6.18. The van der Waals surface area contributed by atoms with Gasteiger partial charge in [0.15, 0.2) is 0 Å². The van der Waals surface area contributed by atoms with Crippen LogP contribution in [0.5, 0.6) is 0 Å². The number of carbonyl (C=O) groups is 1. The Bertz CT molecular complexity index is 193. The Morgan fingerprint density at radius 2 is 1.88 bits per heavy atom. The van der Waals surface area contributed by atoms with E-state index in [1.54, 1.807) is 0 Å². The van der Waals surface area contributed by atoms with Gasteiger partial charge in [0, 0.05) is 24.9 Å². The van der Waals surface area contributed by atoms with E-state index in [2.05, 4.69) is 38.2 Å². The van der Waals surface area contributed by atoms with Gasteiger partial charge in [-0.1, -0.05) is 26.7 Å². The fraction of sp³-hybridized carbons (Fsp3) is 0.917. The molecule has 4 heteroatoms. The number of rotatable bonds is 8. The summed E-state index contributed by atoms with van der Waals surface area (Å²) in [5.74, 6) is 1.07. The van der Waals surface area contributed by atoms with Crippen LogP contribution in [-0.4, -0.2) is 43.4 Å². The summed E-state index contributed by atoms with van der Waals surface area (Å²) >= 11 is 5.52. The molecule has 1 N–H and O–H groups in total. The van der Waals surface area contributed by atoms with Gasteiger partial charge in [0.1, 0.15) is 0 Å². The first-order valence-corrected chi connectivity index (χ1v) is 6.59. The number of alkyl halides is 1. The van der Waals surface area contributed by atoms with Crippen molar-refractivity contribution in [2.75, 3.05) is 26.5 Å². The Labute approximate surface area is 105 Å². The van der Waals surface area contributed by atoms with Gasteiger partial charge in [-0.05, 0) is 20.0 Å². The molecule has 0 aromatic heterocycles. The molecule has 0 heterocycles. The molecule has 0 aliphatic carbocycles. The van der Waals surface area contributed by atoms with Gasteiger partial charge >= 0.3 is 0 Å². The van der Waals surface area contributed by atoms with E-state index in [4.69, 9.17) is 11.6 Å². The molecule has 1 atom stereocenters. The van der Waals surface area contributed by atoms with Crippen molar-refractivity contribution < 1.29 is 4.79 Å². The molecule has 0 fully saturated rings. The predicted octanol–water partition coefficient (Wildman–Crippen LogP) is 2.10. The summed E-state index contributed by atoms with van der Waals surface area (Å²) < 4.78 is 0. The number of amides is 1. The number of hydrogen-bond acceptors (Lipinski definition) is 2. The van der Waals surface area contributed by atoms with Crippen LogP contribution in [0.4, 0.5) is 0 Å². The third-order valence-corrected chi connectivity index (χ3v) is 3.28. The number of halogens is 1. The smallest absolute Gasteiger partial charge is 0.221 e. The van der Waals surface area contributed by atoms with Gasteiger partial charge in [0.25, 0.3) is 0 Å². The summed E-state index contributed by atoms with van der Waals surface area (Å²) in [6.45, 7) is 5.12. The van der Waals surface area contributed by atoms with Gasteiger partial charge in [0.2, 0.25) is 5.91 Å². The van der Waals surface area contributed by atoms with Crippen molar-refractivity contribution >= 4 is 17.5 Å². The van der Waals surface area contributed by atoms with Crippen LogP contribution in [0.3, 0.4) is 0 Å². The van der Waals surface area contributed by atoms with Crippen molar-refractivity contribution in [3.63, 3.8) is 0 Å². The number of nitrogens with zero attached hydrogens (tertiary/aromatic N) is 1. The van der Waals surface area contributed by atoms with Crippen LogP contribution < -0.4 is 5.32 Å². The molecule has 0 spiro atoms. The zero-order valence-corrected chi connectivity index (χ0v) is 11.7. The van der Waals surface area contributed by atoms with Crippen molar-refractivity contribution in [2.45, 2.75) is 39.2 Å². The van der Waals surface area contributed by atoms with Gasteiger partial charge in [-0.25, -0.2) is 0 Å². The number of hydrogen-bond donors (Lipinski definition) is 1. The van der Waals surface area contributed by atoms with Crippen LogP contribution in [0.15, 0.2) is 0 Å². The minimum atomic E-state index is 0.0489. The fourth-order valence-electron chi connectivity index (χ4n) is 2.00. The van der Waals surface area contributed by atoms with Crippen molar-refractivity contribution in [1.29, 1.82) is 0 Å². The highest BCUT2D eigenvalue weighted by Gasteiger charge is 2.20. The summed E-state index contributed by atoms with van der Waals surface area (Å²) in [6.07, 6.45) is 2.69. The third-order valence-electron chi connectivity index (χ3n) is 3.09. The second-order valence-corrected chi connectivity index (χ2v) is 4.73. The van der Waals surface area contributed by atoms with Gasteiger partial charge in [0.05, 0.1) is 0 Å². The molecule has 3 nitrogen and oxygen atoms in total. The maximum Gasteiger partial charge on any atom is 0.221 e. The zero-order chi connectivity index (χ0) is 12.6. The van der Waals surface area contributed by atoms with Gasteiger partial charge in [-0.15, -0.1) is 11.6 Å². The molecule has 0 saturated heterocycles. The maximum atomic E-state index is 11.4. The van der Waals surface area contributed by atoms with E-state index in [9.17, 15) is 4.79 Å². The fourth-order valence-corrected chi connectivity index (χ4v) is 2.17. The van der Waals surface area contributed by atoms with Crippen LogP contribution in [0.2, 0.25) is 0 Å². The topological polar surface area (TPSA) is 32.3 Å². The number of nitrogens with one attached hydrogen (secondary N) is 1. The molecule has 0 aromatic carbocycles. The minimum absolute atomic E-state index is 0.0489. The van der Waals surface area contributed by atoms with Crippen LogP contribution >= 0.6 is 11.6 Å². The average molecular weight is 249 g/mol. The van der Waals surface area contributed by atoms with Gasteiger partial charge in [-0.3, -0.25) is 4.79 Å². The van der Waals surface area contributed by atoms with Crippen LogP contribution in [0.1, 0.15) is 33.1 Å². The molecular weight excluding hydrogens is 224 g/mol. The number of carbonyl (C=O) groups excluding carboxylic acids is 1. The molecule has 0 saturated carbocycles. The Balaban J connectivity index is 4.18.